The molecule has 36 heavy (non-hydrogen) atoms. The number of aryl methyl sites for hydroxylation is 1. The van der Waals surface area contributed by atoms with E-state index in [9.17, 15) is 9.59 Å². The molecule has 0 radical (unpaired) electrons. The van der Waals surface area contributed by atoms with Gasteiger partial charge in [-0.15, -0.1) is 0 Å². The van der Waals surface area contributed by atoms with Crippen LogP contribution >= 0.6 is 23.2 Å². The third-order valence-electron chi connectivity index (χ3n) is 5.50. The molecule has 0 spiro atoms. The van der Waals surface area contributed by atoms with Gasteiger partial charge in [-0.2, -0.15) is 0 Å². The molecular formula is C27H22Cl2N2O5. The minimum Gasteiger partial charge on any atom is -0.481 e. The number of nitrogens with one attached hydrogen (secondary N) is 1. The summed E-state index contributed by atoms with van der Waals surface area (Å²) in [5.74, 6) is -0.456. The van der Waals surface area contributed by atoms with E-state index in [0.717, 1.165) is 27.8 Å². The van der Waals surface area contributed by atoms with Crippen molar-refractivity contribution in [3.8, 4) is 22.5 Å². The maximum Gasteiger partial charge on any atom is 0.411 e. The minimum absolute atomic E-state index is 0.0167. The molecule has 0 aliphatic heterocycles. The lowest BCUT2D eigenvalue weighted by molar-refractivity contribution is -0.136. The Hall–Kier alpha value is -3.81. The molecule has 2 N–H and O–H groups in total. The summed E-state index contributed by atoms with van der Waals surface area (Å²) in [6.07, 6.45) is -0.208. The number of hydrogen-bond acceptors (Lipinski definition) is 5. The number of carbonyl (C=O) groups is 2. The van der Waals surface area contributed by atoms with Crippen molar-refractivity contribution in [1.29, 1.82) is 0 Å². The van der Waals surface area contributed by atoms with E-state index in [1.807, 2.05) is 36.4 Å². The Labute approximate surface area is 217 Å². The molecule has 0 saturated heterocycles. The number of amides is 1. The van der Waals surface area contributed by atoms with Gasteiger partial charge in [0, 0.05) is 22.0 Å². The lowest BCUT2D eigenvalue weighted by Gasteiger charge is -2.09. The summed E-state index contributed by atoms with van der Waals surface area (Å²) in [5, 5.41) is 16.7. The molecule has 0 aliphatic carbocycles. The van der Waals surface area contributed by atoms with Crippen LogP contribution in [0.5, 0.6) is 0 Å². The van der Waals surface area contributed by atoms with E-state index >= 15 is 0 Å². The van der Waals surface area contributed by atoms with Gasteiger partial charge >= 0.3 is 12.1 Å². The van der Waals surface area contributed by atoms with Gasteiger partial charge in [-0.05, 0) is 41.3 Å². The summed E-state index contributed by atoms with van der Waals surface area (Å²) >= 11 is 12.1. The van der Waals surface area contributed by atoms with Crippen LogP contribution in [0.15, 0.2) is 71.3 Å². The Kier molecular flexibility index (Phi) is 7.93. The highest BCUT2D eigenvalue weighted by molar-refractivity contribution is 6.35. The third kappa shape index (κ3) is 6.24. The normalized spacial score (nSPS) is 10.8. The second-order valence-corrected chi connectivity index (χ2v) is 8.91. The topological polar surface area (TPSA) is 102 Å². The fourth-order valence-electron chi connectivity index (χ4n) is 3.63. The van der Waals surface area contributed by atoms with Gasteiger partial charge in [-0.3, -0.25) is 10.1 Å². The molecule has 1 heterocycles. The molecule has 7 nitrogen and oxygen atoms in total. The SMILES string of the molecule is Cc1noc(-c2ccc(-c3ccc(CC(=O)O)cc3)cc2)c1NC(=O)OCCc1ccc(Cl)cc1Cl. The molecule has 0 saturated carbocycles. The second-order valence-electron chi connectivity index (χ2n) is 8.06. The number of aliphatic carboxylic acids is 1. The lowest BCUT2D eigenvalue weighted by Crippen LogP contribution is -2.16. The van der Waals surface area contributed by atoms with Crippen molar-refractivity contribution in [2.24, 2.45) is 0 Å². The van der Waals surface area contributed by atoms with E-state index in [1.54, 1.807) is 37.3 Å². The van der Waals surface area contributed by atoms with Gasteiger partial charge in [-0.1, -0.05) is 83.0 Å². The highest BCUT2D eigenvalue weighted by Crippen LogP contribution is 2.32. The smallest absolute Gasteiger partial charge is 0.411 e. The fourth-order valence-corrected chi connectivity index (χ4v) is 4.14. The Bertz CT molecular complexity index is 1380. The molecule has 1 amide bonds. The van der Waals surface area contributed by atoms with E-state index in [-0.39, 0.29) is 13.0 Å². The first-order valence-electron chi connectivity index (χ1n) is 11.1. The van der Waals surface area contributed by atoms with E-state index in [2.05, 4.69) is 10.5 Å². The van der Waals surface area contributed by atoms with Crippen molar-refractivity contribution in [3.05, 3.63) is 93.6 Å². The number of carbonyl (C=O) groups excluding carboxylic acids is 1. The maximum atomic E-state index is 12.4. The molecule has 4 aromatic rings. The van der Waals surface area contributed by atoms with Crippen LogP contribution in [0.2, 0.25) is 10.0 Å². The number of anilines is 1. The molecule has 0 atom stereocenters. The maximum absolute atomic E-state index is 12.4. The number of aromatic nitrogens is 1. The Morgan fingerprint density at radius 2 is 1.61 bits per heavy atom. The Balaban J connectivity index is 1.40. The number of carboxylic acid groups (broad SMARTS) is 1. The summed E-state index contributed by atoms with van der Waals surface area (Å²) in [6, 6.07) is 20.1. The Morgan fingerprint density at radius 3 is 2.25 bits per heavy atom. The minimum atomic E-state index is -0.867. The molecule has 184 valence electrons. The predicted octanol–water partition coefficient (Wildman–Crippen LogP) is 7.04. The molecule has 9 heteroatoms. The van der Waals surface area contributed by atoms with E-state index in [0.29, 0.717) is 33.6 Å². The van der Waals surface area contributed by atoms with Crippen molar-refractivity contribution in [2.75, 3.05) is 11.9 Å². The molecule has 1 aromatic heterocycles. The summed E-state index contributed by atoms with van der Waals surface area (Å²) in [5.41, 5.74) is 5.13. The number of hydrogen-bond donors (Lipinski definition) is 2. The molecule has 0 aliphatic rings. The average molecular weight is 525 g/mol. The van der Waals surface area contributed by atoms with Gasteiger partial charge in [0.05, 0.1) is 13.0 Å². The average Bonchev–Trinajstić information content (AvgIpc) is 3.20. The van der Waals surface area contributed by atoms with Crippen molar-refractivity contribution >= 4 is 41.0 Å². The first kappa shape index (κ1) is 25.3. The van der Waals surface area contributed by atoms with Crippen LogP contribution in [0.25, 0.3) is 22.5 Å². The van der Waals surface area contributed by atoms with Gasteiger partial charge in [0.15, 0.2) is 5.76 Å². The van der Waals surface area contributed by atoms with E-state index in [1.165, 1.54) is 0 Å². The molecule has 4 rings (SSSR count). The summed E-state index contributed by atoms with van der Waals surface area (Å²) in [4.78, 5) is 23.3. The van der Waals surface area contributed by atoms with E-state index in [4.69, 9.17) is 37.6 Å². The quantitative estimate of drug-likeness (QED) is 0.256. The Morgan fingerprint density at radius 1 is 0.972 bits per heavy atom. The number of halogens is 2. The largest absolute Gasteiger partial charge is 0.481 e. The fraction of sp³-hybridized carbons (Fsp3) is 0.148. The zero-order chi connectivity index (χ0) is 25.7. The van der Waals surface area contributed by atoms with E-state index < -0.39 is 12.1 Å². The first-order valence-corrected chi connectivity index (χ1v) is 11.8. The van der Waals surface area contributed by atoms with Crippen LogP contribution in [0.4, 0.5) is 10.5 Å². The van der Waals surface area contributed by atoms with Crippen molar-refractivity contribution in [3.63, 3.8) is 0 Å². The van der Waals surface area contributed by atoms with Crippen LogP contribution in [-0.2, 0) is 22.4 Å². The van der Waals surface area contributed by atoms with Crippen LogP contribution in [0, 0.1) is 6.92 Å². The van der Waals surface area contributed by atoms with Crippen molar-refractivity contribution in [2.45, 2.75) is 19.8 Å². The highest BCUT2D eigenvalue weighted by atomic mass is 35.5. The van der Waals surface area contributed by atoms with Gasteiger partial charge in [0.2, 0.25) is 0 Å². The predicted molar refractivity (Wildman–Crippen MR) is 139 cm³/mol. The number of nitrogens with zero attached hydrogens (tertiary/aromatic N) is 1. The standard InChI is InChI=1S/C27H22Cl2N2O5/c1-16-25(30-27(34)35-13-12-20-10-11-22(28)15-23(20)29)26(36-31-16)21-8-6-19(7-9-21)18-4-2-17(3-5-18)14-24(32)33/h2-11,15H,12-14H2,1H3,(H,30,34)(H,32,33). The monoisotopic (exact) mass is 524 g/mol. The van der Waals surface area contributed by atoms with Crippen molar-refractivity contribution < 1.29 is 24.0 Å². The second kappa shape index (κ2) is 11.3. The number of rotatable bonds is 8. The van der Waals surface area contributed by atoms with Gasteiger partial charge in [0.25, 0.3) is 0 Å². The molecule has 0 bridgehead atoms. The summed E-state index contributed by atoms with van der Waals surface area (Å²) < 4.78 is 10.8. The molecule has 3 aromatic carbocycles. The van der Waals surface area contributed by atoms with Crippen molar-refractivity contribution in [1.82, 2.24) is 5.16 Å². The highest BCUT2D eigenvalue weighted by Gasteiger charge is 2.18. The van der Waals surface area contributed by atoms with Crippen LogP contribution in [0.3, 0.4) is 0 Å². The van der Waals surface area contributed by atoms with Crippen LogP contribution < -0.4 is 5.32 Å². The third-order valence-corrected chi connectivity index (χ3v) is 6.09. The molecule has 0 fully saturated rings. The molecular weight excluding hydrogens is 503 g/mol. The van der Waals surface area contributed by atoms with Crippen LogP contribution in [-0.4, -0.2) is 28.9 Å². The summed E-state index contributed by atoms with van der Waals surface area (Å²) in [7, 11) is 0. The van der Waals surface area contributed by atoms with Crippen LogP contribution in [0.1, 0.15) is 16.8 Å². The van der Waals surface area contributed by atoms with Gasteiger partial charge in [-0.25, -0.2) is 4.79 Å². The number of carboxylic acids is 1. The molecule has 0 unspecified atom stereocenters. The number of benzene rings is 3. The van der Waals surface area contributed by atoms with Gasteiger partial charge in [0.1, 0.15) is 11.4 Å². The lowest BCUT2D eigenvalue weighted by atomic mass is 10.0. The van der Waals surface area contributed by atoms with Gasteiger partial charge < -0.3 is 14.4 Å². The zero-order valence-electron chi connectivity index (χ0n) is 19.3. The summed E-state index contributed by atoms with van der Waals surface area (Å²) in [6.45, 7) is 1.86. The number of ether oxygens (including phenoxy) is 1. The zero-order valence-corrected chi connectivity index (χ0v) is 20.8. The first-order chi connectivity index (χ1) is 17.3.